The molecule has 0 bridgehead atoms. The second-order valence-corrected chi connectivity index (χ2v) is 6.27. The largest absolute Gasteiger partial charge is 0.385 e. The number of hydrogen-bond acceptors (Lipinski definition) is 4. The number of hydrogen-bond donors (Lipinski definition) is 2. The first-order chi connectivity index (χ1) is 9.40. The molecule has 0 fully saturated rings. The fourth-order valence-corrected chi connectivity index (χ4v) is 3.32. The molecule has 20 heavy (non-hydrogen) atoms. The standard InChI is InChI=1S/C13H21FN2O3S/c1-10(6-7-19-3)16-20(17,18)13-8-12(14)5-4-11(13)9-15-2/h4-5,8,10,15-16H,6-7,9H2,1-3H3. The van der Waals surface area contributed by atoms with Crippen molar-refractivity contribution < 1.29 is 17.5 Å². The van der Waals surface area contributed by atoms with Crippen molar-refractivity contribution in [3.05, 3.63) is 29.6 Å². The van der Waals surface area contributed by atoms with Gasteiger partial charge in [-0.05, 0) is 38.1 Å². The predicted molar refractivity (Wildman–Crippen MR) is 75.4 cm³/mol. The lowest BCUT2D eigenvalue weighted by atomic mass is 10.2. The first-order valence-electron chi connectivity index (χ1n) is 6.35. The molecule has 0 spiro atoms. The van der Waals surface area contributed by atoms with Gasteiger partial charge in [0.25, 0.3) is 0 Å². The highest BCUT2D eigenvalue weighted by molar-refractivity contribution is 7.89. The zero-order chi connectivity index (χ0) is 15.2. The van der Waals surface area contributed by atoms with Crippen molar-refractivity contribution in [1.29, 1.82) is 0 Å². The van der Waals surface area contributed by atoms with Crippen LogP contribution in [0.5, 0.6) is 0 Å². The Balaban J connectivity index is 2.99. The van der Waals surface area contributed by atoms with Gasteiger partial charge in [0.2, 0.25) is 10.0 Å². The van der Waals surface area contributed by atoms with Gasteiger partial charge in [-0.15, -0.1) is 0 Å². The molecule has 1 atom stereocenters. The van der Waals surface area contributed by atoms with Gasteiger partial charge in [0, 0.05) is 26.3 Å². The summed E-state index contributed by atoms with van der Waals surface area (Å²) in [7, 11) is -0.494. The van der Waals surface area contributed by atoms with Gasteiger partial charge in [-0.3, -0.25) is 0 Å². The van der Waals surface area contributed by atoms with E-state index in [0.29, 0.717) is 25.1 Å². The molecule has 0 saturated heterocycles. The van der Waals surface area contributed by atoms with Crippen molar-refractivity contribution >= 4 is 10.0 Å². The number of nitrogens with one attached hydrogen (secondary N) is 2. The molecule has 5 nitrogen and oxygen atoms in total. The molecule has 0 heterocycles. The Morgan fingerprint density at radius 2 is 2.10 bits per heavy atom. The average Bonchev–Trinajstić information content (AvgIpc) is 2.38. The molecule has 0 aliphatic rings. The third-order valence-electron chi connectivity index (χ3n) is 2.80. The minimum Gasteiger partial charge on any atom is -0.385 e. The number of benzene rings is 1. The van der Waals surface area contributed by atoms with Crippen LogP contribution in [0.25, 0.3) is 0 Å². The van der Waals surface area contributed by atoms with Crippen molar-refractivity contribution in [3.8, 4) is 0 Å². The lowest BCUT2D eigenvalue weighted by Crippen LogP contribution is -2.34. The fraction of sp³-hybridized carbons (Fsp3) is 0.538. The quantitative estimate of drug-likeness (QED) is 0.758. The third-order valence-corrected chi connectivity index (χ3v) is 4.47. The first kappa shape index (κ1) is 17.0. The zero-order valence-corrected chi connectivity index (χ0v) is 12.8. The van der Waals surface area contributed by atoms with Gasteiger partial charge in [-0.25, -0.2) is 17.5 Å². The molecule has 1 aromatic rings. The molecule has 2 N–H and O–H groups in total. The molecular formula is C13H21FN2O3S. The summed E-state index contributed by atoms with van der Waals surface area (Å²) in [6.45, 7) is 2.55. The van der Waals surface area contributed by atoms with Crippen LogP contribution >= 0.6 is 0 Å². The van der Waals surface area contributed by atoms with E-state index in [4.69, 9.17) is 4.74 Å². The summed E-state index contributed by atoms with van der Waals surface area (Å²) in [5.41, 5.74) is 0.528. The minimum absolute atomic E-state index is 0.0314. The second kappa shape index (κ2) is 7.68. The van der Waals surface area contributed by atoms with Crippen LogP contribution in [0.4, 0.5) is 4.39 Å². The summed E-state index contributed by atoms with van der Waals surface area (Å²) < 4.78 is 45.4. The van der Waals surface area contributed by atoms with Crippen LogP contribution in [0.1, 0.15) is 18.9 Å². The molecule has 1 unspecified atom stereocenters. The minimum atomic E-state index is -3.75. The Labute approximate surface area is 119 Å². The molecule has 1 rings (SSSR count). The van der Waals surface area contributed by atoms with E-state index in [-0.39, 0.29) is 10.9 Å². The number of rotatable bonds is 8. The van der Waals surface area contributed by atoms with E-state index < -0.39 is 15.8 Å². The molecule has 0 aliphatic heterocycles. The Morgan fingerprint density at radius 1 is 1.40 bits per heavy atom. The van der Waals surface area contributed by atoms with E-state index in [1.807, 2.05) is 0 Å². The number of halogens is 1. The lowest BCUT2D eigenvalue weighted by Gasteiger charge is -2.16. The molecule has 7 heteroatoms. The summed E-state index contributed by atoms with van der Waals surface area (Å²) in [6, 6.07) is 3.48. The Hall–Kier alpha value is -1.02. The molecular weight excluding hydrogens is 283 g/mol. The lowest BCUT2D eigenvalue weighted by molar-refractivity contribution is 0.188. The van der Waals surface area contributed by atoms with Crippen molar-refractivity contribution in [1.82, 2.24) is 10.0 Å². The van der Waals surface area contributed by atoms with Gasteiger partial charge in [0.1, 0.15) is 5.82 Å². The third kappa shape index (κ3) is 4.82. The normalized spacial score (nSPS) is 13.4. The van der Waals surface area contributed by atoms with Gasteiger partial charge in [-0.1, -0.05) is 6.07 Å². The van der Waals surface area contributed by atoms with Crippen LogP contribution in [-0.2, 0) is 21.3 Å². The maximum Gasteiger partial charge on any atom is 0.241 e. The van der Waals surface area contributed by atoms with Crippen molar-refractivity contribution in [2.45, 2.75) is 30.8 Å². The molecule has 0 saturated carbocycles. The van der Waals surface area contributed by atoms with Gasteiger partial charge in [0.15, 0.2) is 0 Å². The average molecular weight is 304 g/mol. The number of ether oxygens (including phenoxy) is 1. The van der Waals surface area contributed by atoms with Crippen LogP contribution in [0.2, 0.25) is 0 Å². The maximum absolute atomic E-state index is 13.3. The molecule has 0 amide bonds. The molecule has 0 aliphatic carbocycles. The maximum atomic E-state index is 13.3. The summed E-state index contributed by atoms with van der Waals surface area (Å²) in [4.78, 5) is -0.0314. The van der Waals surface area contributed by atoms with E-state index in [9.17, 15) is 12.8 Å². The number of methoxy groups -OCH3 is 1. The fourth-order valence-electron chi connectivity index (χ4n) is 1.80. The topological polar surface area (TPSA) is 67.4 Å². The summed E-state index contributed by atoms with van der Waals surface area (Å²) in [5.74, 6) is -0.574. The van der Waals surface area contributed by atoms with Crippen LogP contribution < -0.4 is 10.0 Å². The highest BCUT2D eigenvalue weighted by atomic mass is 32.2. The number of sulfonamides is 1. The van der Waals surface area contributed by atoms with E-state index in [0.717, 1.165) is 6.07 Å². The van der Waals surface area contributed by atoms with Crippen LogP contribution in [0, 0.1) is 5.82 Å². The van der Waals surface area contributed by atoms with Crippen molar-refractivity contribution in [2.75, 3.05) is 20.8 Å². The molecule has 1 aromatic carbocycles. The van der Waals surface area contributed by atoms with Gasteiger partial charge < -0.3 is 10.1 Å². The summed E-state index contributed by atoms with van der Waals surface area (Å²) >= 11 is 0. The van der Waals surface area contributed by atoms with Gasteiger partial charge in [0.05, 0.1) is 4.90 Å². The van der Waals surface area contributed by atoms with E-state index >= 15 is 0 Å². The molecule has 0 radical (unpaired) electrons. The Kier molecular flexibility index (Phi) is 6.54. The highest BCUT2D eigenvalue weighted by Gasteiger charge is 2.21. The van der Waals surface area contributed by atoms with Gasteiger partial charge in [-0.2, -0.15) is 0 Å². The highest BCUT2D eigenvalue weighted by Crippen LogP contribution is 2.18. The van der Waals surface area contributed by atoms with Crippen LogP contribution in [0.3, 0.4) is 0 Å². The van der Waals surface area contributed by atoms with E-state index in [1.165, 1.54) is 12.1 Å². The van der Waals surface area contributed by atoms with Gasteiger partial charge >= 0.3 is 0 Å². The Morgan fingerprint density at radius 3 is 2.70 bits per heavy atom. The van der Waals surface area contributed by atoms with E-state index in [2.05, 4.69) is 10.0 Å². The molecule has 0 aromatic heterocycles. The monoisotopic (exact) mass is 304 g/mol. The molecule has 114 valence electrons. The van der Waals surface area contributed by atoms with Crippen LogP contribution in [0.15, 0.2) is 23.1 Å². The smallest absolute Gasteiger partial charge is 0.241 e. The summed E-state index contributed by atoms with van der Waals surface area (Å²) in [5, 5.41) is 2.87. The van der Waals surface area contributed by atoms with Crippen LogP contribution in [-0.4, -0.2) is 35.2 Å². The van der Waals surface area contributed by atoms with E-state index in [1.54, 1.807) is 21.1 Å². The van der Waals surface area contributed by atoms with Crippen molar-refractivity contribution in [3.63, 3.8) is 0 Å². The Bertz CT molecular complexity index is 534. The second-order valence-electron chi connectivity index (χ2n) is 4.59. The SMILES string of the molecule is CNCc1ccc(F)cc1S(=O)(=O)NC(C)CCOC. The first-order valence-corrected chi connectivity index (χ1v) is 7.83. The van der Waals surface area contributed by atoms with Crippen molar-refractivity contribution in [2.24, 2.45) is 0 Å². The zero-order valence-electron chi connectivity index (χ0n) is 11.9. The predicted octanol–water partition coefficient (Wildman–Crippen LogP) is 1.25. The summed E-state index contributed by atoms with van der Waals surface area (Å²) in [6.07, 6.45) is 0.548.